The average Bonchev–Trinajstić information content (AvgIpc) is 2.93. The van der Waals surface area contributed by atoms with E-state index in [9.17, 15) is 8.42 Å². The number of hydrogen-bond acceptors (Lipinski definition) is 4. The molecule has 0 aromatic carbocycles. The molecule has 0 aromatic heterocycles. The second kappa shape index (κ2) is 6.12. The Hall–Kier alpha value is -0.210. The van der Waals surface area contributed by atoms with Gasteiger partial charge in [0.2, 0.25) is 0 Å². The third-order valence-electron chi connectivity index (χ3n) is 5.25. The molecule has 0 amide bonds. The largest absolute Gasteiger partial charge is 0.381 e. The molecule has 0 radical (unpaired) electrons. The molecule has 7 heteroatoms. The summed E-state index contributed by atoms with van der Waals surface area (Å²) in [4.78, 5) is 2.45. The van der Waals surface area contributed by atoms with E-state index in [1.54, 1.807) is 15.7 Å². The van der Waals surface area contributed by atoms with Gasteiger partial charge in [0.1, 0.15) is 0 Å². The predicted octanol–water partition coefficient (Wildman–Crippen LogP) is 0.511. The van der Waals surface area contributed by atoms with Gasteiger partial charge in [0, 0.05) is 51.5 Å². The zero-order chi connectivity index (χ0) is 15.0. The maximum absolute atomic E-state index is 13.0. The number of hydrogen-bond donors (Lipinski definition) is 0. The van der Waals surface area contributed by atoms with E-state index in [0.29, 0.717) is 25.8 Å². The van der Waals surface area contributed by atoms with Gasteiger partial charge in [-0.25, -0.2) is 0 Å². The highest BCUT2D eigenvalue weighted by molar-refractivity contribution is 7.86. The minimum atomic E-state index is -3.37. The molecule has 2 atom stereocenters. The fraction of sp³-hybridized carbons (Fsp3) is 1.00. The SMILES string of the molecule is C[C@@H]1CN2CCC[C@@H]2CN1S(=O)(=O)N(C)C1CCOCC1. The van der Waals surface area contributed by atoms with Gasteiger partial charge in [-0.3, -0.25) is 4.90 Å². The van der Waals surface area contributed by atoms with Crippen LogP contribution in [-0.4, -0.2) is 79.9 Å². The van der Waals surface area contributed by atoms with E-state index in [0.717, 1.165) is 32.4 Å². The topological polar surface area (TPSA) is 53.1 Å². The van der Waals surface area contributed by atoms with Crippen LogP contribution in [-0.2, 0) is 14.9 Å². The van der Waals surface area contributed by atoms with Crippen LogP contribution in [0.25, 0.3) is 0 Å². The summed E-state index contributed by atoms with van der Waals surface area (Å²) in [6.45, 7) is 6.00. The van der Waals surface area contributed by atoms with E-state index in [4.69, 9.17) is 4.74 Å². The van der Waals surface area contributed by atoms with Crippen LogP contribution >= 0.6 is 0 Å². The lowest BCUT2D eigenvalue weighted by Gasteiger charge is -2.44. The van der Waals surface area contributed by atoms with Crippen LogP contribution in [0.2, 0.25) is 0 Å². The molecular weight excluding hydrogens is 290 g/mol. The van der Waals surface area contributed by atoms with Crippen molar-refractivity contribution in [3.05, 3.63) is 0 Å². The van der Waals surface area contributed by atoms with Crippen LogP contribution in [0.4, 0.5) is 0 Å². The zero-order valence-electron chi connectivity index (χ0n) is 13.1. The van der Waals surface area contributed by atoms with Crippen LogP contribution in [0.5, 0.6) is 0 Å². The zero-order valence-corrected chi connectivity index (χ0v) is 13.9. The summed E-state index contributed by atoms with van der Waals surface area (Å²) < 4.78 is 34.6. The first-order chi connectivity index (χ1) is 10.00. The highest BCUT2D eigenvalue weighted by Crippen LogP contribution is 2.28. The third-order valence-corrected chi connectivity index (χ3v) is 7.37. The normalized spacial score (nSPS) is 33.5. The van der Waals surface area contributed by atoms with Crippen molar-refractivity contribution < 1.29 is 13.2 Å². The molecule has 3 rings (SSSR count). The smallest absolute Gasteiger partial charge is 0.282 e. The van der Waals surface area contributed by atoms with Crippen molar-refractivity contribution >= 4 is 10.2 Å². The van der Waals surface area contributed by atoms with Crippen LogP contribution < -0.4 is 0 Å². The van der Waals surface area contributed by atoms with E-state index in [2.05, 4.69) is 4.90 Å². The predicted molar refractivity (Wildman–Crippen MR) is 81.3 cm³/mol. The minimum Gasteiger partial charge on any atom is -0.381 e. The number of piperazine rings is 1. The summed E-state index contributed by atoms with van der Waals surface area (Å²) in [5.41, 5.74) is 0. The van der Waals surface area contributed by atoms with Gasteiger partial charge >= 0.3 is 0 Å². The Morgan fingerprint density at radius 1 is 1.14 bits per heavy atom. The Morgan fingerprint density at radius 2 is 1.86 bits per heavy atom. The summed E-state index contributed by atoms with van der Waals surface area (Å²) in [6.07, 6.45) is 3.92. The van der Waals surface area contributed by atoms with Crippen LogP contribution in [0.3, 0.4) is 0 Å². The van der Waals surface area contributed by atoms with E-state index >= 15 is 0 Å². The Balaban J connectivity index is 1.73. The molecule has 3 saturated heterocycles. The lowest BCUT2D eigenvalue weighted by Crippen LogP contribution is -2.60. The van der Waals surface area contributed by atoms with E-state index in [1.807, 2.05) is 6.92 Å². The molecule has 3 aliphatic heterocycles. The summed E-state index contributed by atoms with van der Waals surface area (Å²) in [6, 6.07) is 0.559. The highest BCUT2D eigenvalue weighted by Gasteiger charge is 2.42. The number of ether oxygens (including phenoxy) is 1. The highest BCUT2D eigenvalue weighted by atomic mass is 32.2. The summed E-state index contributed by atoms with van der Waals surface area (Å²) >= 11 is 0. The quantitative estimate of drug-likeness (QED) is 0.761. The Bertz CT molecular complexity index is 464. The van der Waals surface area contributed by atoms with Crippen molar-refractivity contribution in [1.29, 1.82) is 0 Å². The molecule has 0 bridgehead atoms. The fourth-order valence-electron chi connectivity index (χ4n) is 3.88. The Kier molecular flexibility index (Phi) is 4.57. The minimum absolute atomic E-state index is 0.0617. The van der Waals surface area contributed by atoms with E-state index < -0.39 is 10.2 Å². The van der Waals surface area contributed by atoms with Gasteiger partial charge in [-0.05, 0) is 39.2 Å². The second-order valence-corrected chi connectivity index (χ2v) is 8.52. The standard InChI is InChI=1S/C14H27N3O3S/c1-12-10-16-7-3-4-14(16)11-17(12)21(18,19)15(2)13-5-8-20-9-6-13/h12-14H,3-11H2,1-2H3/t12-,14-/m1/s1. The van der Waals surface area contributed by atoms with Crippen molar-refractivity contribution in [3.8, 4) is 0 Å². The number of rotatable bonds is 3. The van der Waals surface area contributed by atoms with Gasteiger partial charge in [0.25, 0.3) is 10.2 Å². The van der Waals surface area contributed by atoms with Gasteiger partial charge in [0.05, 0.1) is 0 Å². The summed E-state index contributed by atoms with van der Waals surface area (Å²) in [5, 5.41) is 0. The molecule has 0 spiro atoms. The number of fused-ring (bicyclic) bond motifs is 1. The first-order valence-electron chi connectivity index (χ1n) is 8.06. The van der Waals surface area contributed by atoms with Crippen molar-refractivity contribution in [3.63, 3.8) is 0 Å². The molecule has 6 nitrogen and oxygen atoms in total. The Labute approximate surface area is 128 Å². The van der Waals surface area contributed by atoms with E-state index in [-0.39, 0.29) is 12.1 Å². The molecule has 0 aliphatic carbocycles. The second-order valence-electron chi connectivity index (χ2n) is 6.58. The van der Waals surface area contributed by atoms with Crippen LogP contribution in [0.15, 0.2) is 0 Å². The van der Waals surface area contributed by atoms with Gasteiger partial charge in [-0.15, -0.1) is 0 Å². The first-order valence-corrected chi connectivity index (χ1v) is 9.46. The Morgan fingerprint density at radius 3 is 2.57 bits per heavy atom. The maximum atomic E-state index is 13.0. The first kappa shape index (κ1) is 15.7. The molecule has 3 heterocycles. The molecule has 122 valence electrons. The molecule has 0 saturated carbocycles. The molecule has 3 fully saturated rings. The van der Waals surface area contributed by atoms with Gasteiger partial charge < -0.3 is 4.74 Å². The molecule has 0 unspecified atom stereocenters. The van der Waals surface area contributed by atoms with Gasteiger partial charge in [0.15, 0.2) is 0 Å². The number of nitrogens with zero attached hydrogens (tertiary/aromatic N) is 3. The van der Waals surface area contributed by atoms with Crippen molar-refractivity contribution in [2.45, 2.75) is 50.7 Å². The van der Waals surface area contributed by atoms with Gasteiger partial charge in [-0.2, -0.15) is 17.0 Å². The average molecular weight is 317 g/mol. The summed E-state index contributed by atoms with van der Waals surface area (Å²) in [7, 11) is -1.63. The lowest BCUT2D eigenvalue weighted by atomic mass is 10.1. The molecular formula is C14H27N3O3S. The molecule has 0 N–H and O–H groups in total. The molecule has 21 heavy (non-hydrogen) atoms. The fourth-order valence-corrected chi connectivity index (χ4v) is 5.68. The monoisotopic (exact) mass is 317 g/mol. The van der Waals surface area contributed by atoms with Crippen molar-refractivity contribution in [2.75, 3.05) is 39.9 Å². The molecule has 0 aromatic rings. The van der Waals surface area contributed by atoms with Crippen molar-refractivity contribution in [1.82, 2.24) is 13.5 Å². The van der Waals surface area contributed by atoms with Crippen LogP contribution in [0.1, 0.15) is 32.6 Å². The lowest BCUT2D eigenvalue weighted by molar-refractivity contribution is 0.0584. The maximum Gasteiger partial charge on any atom is 0.282 e. The van der Waals surface area contributed by atoms with E-state index in [1.165, 1.54) is 6.42 Å². The molecule has 3 aliphatic rings. The van der Waals surface area contributed by atoms with Crippen molar-refractivity contribution in [2.24, 2.45) is 0 Å². The summed E-state index contributed by atoms with van der Waals surface area (Å²) in [5.74, 6) is 0. The van der Waals surface area contributed by atoms with Gasteiger partial charge in [-0.1, -0.05) is 0 Å². The third kappa shape index (κ3) is 2.99. The van der Waals surface area contributed by atoms with Crippen LogP contribution in [0, 0.1) is 0 Å².